The van der Waals surface area contributed by atoms with E-state index >= 15 is 0 Å². The van der Waals surface area contributed by atoms with Crippen LogP contribution in [0, 0.1) is 0 Å². The van der Waals surface area contributed by atoms with Crippen LogP contribution in [0.4, 0.5) is 5.82 Å². The van der Waals surface area contributed by atoms with Crippen molar-refractivity contribution in [2.24, 2.45) is 0 Å². The first-order valence-electron chi connectivity index (χ1n) is 10.4. The summed E-state index contributed by atoms with van der Waals surface area (Å²) in [6.45, 7) is 6.56. The van der Waals surface area contributed by atoms with Crippen LogP contribution in [0.2, 0.25) is 0 Å². The van der Waals surface area contributed by atoms with E-state index < -0.39 is 0 Å². The number of carbonyl (C=O) groups is 1. The first-order chi connectivity index (χ1) is 15.1. The van der Waals surface area contributed by atoms with Crippen molar-refractivity contribution in [2.75, 3.05) is 24.5 Å². The summed E-state index contributed by atoms with van der Waals surface area (Å²) in [4.78, 5) is 23.6. The summed E-state index contributed by atoms with van der Waals surface area (Å²) in [7, 11) is 0. The zero-order chi connectivity index (χ0) is 21.4. The van der Waals surface area contributed by atoms with Crippen LogP contribution in [0.3, 0.4) is 0 Å². The number of rotatable bonds is 5. The molecule has 1 fully saturated rings. The fraction of sp³-hybridized carbons (Fsp3) is 0.364. The highest BCUT2D eigenvalue weighted by atomic mass is 16.5. The van der Waals surface area contributed by atoms with Crippen molar-refractivity contribution < 1.29 is 13.9 Å². The Balaban J connectivity index is 1.28. The molecule has 9 heteroatoms. The number of furan rings is 1. The van der Waals surface area contributed by atoms with E-state index in [-0.39, 0.29) is 18.1 Å². The number of nitrogens with zero attached hydrogens (tertiary/aromatic N) is 5. The van der Waals surface area contributed by atoms with Gasteiger partial charge in [-0.15, -0.1) is 0 Å². The second-order valence-corrected chi connectivity index (χ2v) is 7.87. The summed E-state index contributed by atoms with van der Waals surface area (Å²) in [5.74, 6) is 0.913. The van der Waals surface area contributed by atoms with E-state index in [1.807, 2.05) is 24.3 Å². The third-order valence-electron chi connectivity index (χ3n) is 5.39. The van der Waals surface area contributed by atoms with Gasteiger partial charge in [-0.2, -0.15) is 5.10 Å². The Labute approximate surface area is 179 Å². The zero-order valence-corrected chi connectivity index (χ0v) is 17.5. The molecule has 0 aliphatic carbocycles. The van der Waals surface area contributed by atoms with Crippen molar-refractivity contribution in [3.63, 3.8) is 0 Å². The quantitative estimate of drug-likeness (QED) is 0.530. The first kappa shape index (κ1) is 19.5. The van der Waals surface area contributed by atoms with Crippen LogP contribution in [-0.2, 0) is 11.3 Å². The molecule has 0 spiro atoms. The lowest BCUT2D eigenvalue weighted by Gasteiger charge is -2.36. The third-order valence-corrected chi connectivity index (χ3v) is 5.39. The minimum Gasteiger partial charge on any atom is -0.451 e. The molecule has 1 aliphatic rings. The van der Waals surface area contributed by atoms with Crippen LogP contribution in [0.25, 0.3) is 22.0 Å². The normalized spacial score (nSPS) is 19.2. The number of hydrogen-bond donors (Lipinski definition) is 1. The van der Waals surface area contributed by atoms with E-state index in [1.165, 1.54) is 0 Å². The molecule has 1 saturated heterocycles. The highest BCUT2D eigenvalue weighted by molar-refractivity contribution is 5.96. The van der Waals surface area contributed by atoms with Crippen LogP contribution < -0.4 is 10.2 Å². The van der Waals surface area contributed by atoms with Crippen molar-refractivity contribution >= 4 is 33.7 Å². The second kappa shape index (κ2) is 7.99. The molecule has 4 heterocycles. The number of ether oxygens (including phenoxy) is 1. The van der Waals surface area contributed by atoms with Crippen LogP contribution in [-0.4, -0.2) is 57.5 Å². The minimum atomic E-state index is -0.251. The second-order valence-electron chi connectivity index (χ2n) is 7.87. The molecular weight excluding hydrogens is 396 g/mol. The summed E-state index contributed by atoms with van der Waals surface area (Å²) in [6.07, 6.45) is 3.62. The van der Waals surface area contributed by atoms with Gasteiger partial charge in [-0.25, -0.2) is 14.6 Å². The Bertz CT molecular complexity index is 1190. The molecule has 31 heavy (non-hydrogen) atoms. The van der Waals surface area contributed by atoms with Gasteiger partial charge in [0.25, 0.3) is 5.91 Å². The smallest absolute Gasteiger partial charge is 0.287 e. The number of aromatic nitrogens is 4. The van der Waals surface area contributed by atoms with E-state index in [2.05, 4.69) is 39.1 Å². The number of carbonyl (C=O) groups excluding carboxylic acids is 1. The molecule has 0 bridgehead atoms. The van der Waals surface area contributed by atoms with Crippen molar-refractivity contribution in [3.8, 4) is 0 Å². The fourth-order valence-electron chi connectivity index (χ4n) is 4.10. The van der Waals surface area contributed by atoms with Gasteiger partial charge in [0.05, 0.1) is 30.3 Å². The Morgan fingerprint density at radius 2 is 2.00 bits per heavy atom. The SMILES string of the molecule is CC1CN(c2ncnc3c2cnn3CCNC(=O)c2cc3ccccc3o2)CC(C)O1. The summed E-state index contributed by atoms with van der Waals surface area (Å²) in [5, 5.41) is 9.16. The average Bonchev–Trinajstić information content (AvgIpc) is 3.37. The molecule has 2 atom stereocenters. The molecule has 1 aromatic carbocycles. The van der Waals surface area contributed by atoms with Gasteiger partial charge < -0.3 is 19.4 Å². The maximum atomic E-state index is 12.4. The lowest BCUT2D eigenvalue weighted by molar-refractivity contribution is -0.00537. The molecule has 1 N–H and O–H groups in total. The first-order valence-corrected chi connectivity index (χ1v) is 10.4. The Morgan fingerprint density at radius 3 is 2.81 bits per heavy atom. The maximum Gasteiger partial charge on any atom is 0.287 e. The van der Waals surface area contributed by atoms with E-state index in [1.54, 1.807) is 23.3 Å². The van der Waals surface area contributed by atoms with E-state index in [0.29, 0.717) is 24.4 Å². The molecule has 1 aliphatic heterocycles. The predicted octanol–water partition coefficient (Wildman–Crippen LogP) is 2.62. The number of nitrogens with one attached hydrogen (secondary N) is 1. The topological polar surface area (TPSA) is 98.3 Å². The summed E-state index contributed by atoms with van der Waals surface area (Å²) >= 11 is 0. The minimum absolute atomic E-state index is 0.136. The average molecular weight is 420 g/mol. The molecule has 9 nitrogen and oxygen atoms in total. The number of amides is 1. The standard InChI is InChI=1S/C22H24N6O3/c1-14-11-27(12-15(2)30-14)20-17-10-26-28(21(17)25-13-24-20)8-7-23-22(29)19-9-16-5-3-4-6-18(16)31-19/h3-6,9-10,13-15H,7-8,11-12H2,1-2H3,(H,23,29). The molecule has 0 saturated carbocycles. The Hall–Kier alpha value is -3.46. The lowest BCUT2D eigenvalue weighted by atomic mass is 10.2. The Morgan fingerprint density at radius 1 is 1.19 bits per heavy atom. The number of para-hydroxylation sites is 1. The molecule has 0 radical (unpaired) electrons. The summed E-state index contributed by atoms with van der Waals surface area (Å²) in [5.41, 5.74) is 1.44. The van der Waals surface area contributed by atoms with Gasteiger partial charge in [0, 0.05) is 25.0 Å². The Kier molecular flexibility index (Phi) is 5.03. The van der Waals surface area contributed by atoms with Crippen molar-refractivity contribution in [1.82, 2.24) is 25.1 Å². The monoisotopic (exact) mass is 420 g/mol. The van der Waals surface area contributed by atoms with Crippen LogP contribution in [0.15, 0.2) is 47.3 Å². The van der Waals surface area contributed by atoms with Gasteiger partial charge in [0.1, 0.15) is 17.7 Å². The molecule has 1 amide bonds. The van der Waals surface area contributed by atoms with Gasteiger partial charge in [-0.05, 0) is 26.0 Å². The number of benzene rings is 1. The largest absolute Gasteiger partial charge is 0.451 e. The van der Waals surface area contributed by atoms with Crippen LogP contribution >= 0.6 is 0 Å². The molecular formula is C22H24N6O3. The number of fused-ring (bicyclic) bond motifs is 2. The van der Waals surface area contributed by atoms with Crippen molar-refractivity contribution in [3.05, 3.63) is 48.6 Å². The van der Waals surface area contributed by atoms with Crippen molar-refractivity contribution in [2.45, 2.75) is 32.6 Å². The van der Waals surface area contributed by atoms with Gasteiger partial charge in [0.15, 0.2) is 11.4 Å². The highest BCUT2D eigenvalue weighted by Gasteiger charge is 2.25. The van der Waals surface area contributed by atoms with Crippen LogP contribution in [0.5, 0.6) is 0 Å². The number of anilines is 1. The summed E-state index contributed by atoms with van der Waals surface area (Å²) in [6, 6.07) is 9.30. The molecule has 4 aromatic rings. The lowest BCUT2D eigenvalue weighted by Crippen LogP contribution is -2.45. The van der Waals surface area contributed by atoms with Crippen molar-refractivity contribution in [1.29, 1.82) is 0 Å². The van der Waals surface area contributed by atoms with Gasteiger partial charge in [-0.1, -0.05) is 18.2 Å². The zero-order valence-electron chi connectivity index (χ0n) is 17.5. The highest BCUT2D eigenvalue weighted by Crippen LogP contribution is 2.25. The summed E-state index contributed by atoms with van der Waals surface area (Å²) < 4.78 is 13.2. The molecule has 3 aromatic heterocycles. The molecule has 160 valence electrons. The number of morpholine rings is 1. The van der Waals surface area contributed by atoms with E-state index in [9.17, 15) is 4.79 Å². The fourth-order valence-corrected chi connectivity index (χ4v) is 4.10. The number of hydrogen-bond acceptors (Lipinski definition) is 7. The predicted molar refractivity (Wildman–Crippen MR) is 116 cm³/mol. The van der Waals surface area contributed by atoms with Crippen LogP contribution in [0.1, 0.15) is 24.4 Å². The maximum absolute atomic E-state index is 12.4. The third kappa shape index (κ3) is 3.84. The van der Waals surface area contributed by atoms with E-state index in [0.717, 1.165) is 35.3 Å². The molecule has 2 unspecified atom stereocenters. The van der Waals surface area contributed by atoms with Gasteiger partial charge in [-0.3, -0.25) is 4.79 Å². The van der Waals surface area contributed by atoms with Gasteiger partial charge >= 0.3 is 0 Å². The van der Waals surface area contributed by atoms with Gasteiger partial charge in [0.2, 0.25) is 0 Å². The molecule has 5 rings (SSSR count). The van der Waals surface area contributed by atoms with E-state index in [4.69, 9.17) is 9.15 Å².